The third-order valence-corrected chi connectivity index (χ3v) is 5.70. The molecule has 3 rings (SSSR count). The van der Waals surface area contributed by atoms with Crippen LogP contribution in [0.15, 0.2) is 24.3 Å². The number of anilines is 1. The molecule has 0 spiro atoms. The van der Waals surface area contributed by atoms with Crippen molar-refractivity contribution in [3.05, 3.63) is 29.8 Å². The zero-order valence-corrected chi connectivity index (χ0v) is 16.9. The Balaban J connectivity index is 1.59. The summed E-state index contributed by atoms with van der Waals surface area (Å²) in [6, 6.07) is 4.82. The molecule has 4 atom stereocenters. The second kappa shape index (κ2) is 8.64. The van der Waals surface area contributed by atoms with E-state index in [1.54, 1.807) is 0 Å². The molecule has 9 heteroatoms. The average molecular weight is 415 g/mol. The number of carbonyl (C=O) groups is 5. The molecular formula is C21H25N3O6. The van der Waals surface area contributed by atoms with Crippen LogP contribution in [0.1, 0.15) is 49.9 Å². The molecule has 30 heavy (non-hydrogen) atoms. The molecule has 2 aliphatic rings. The fraction of sp³-hybridized carbons (Fsp3) is 0.476. The van der Waals surface area contributed by atoms with Gasteiger partial charge < -0.3 is 15.8 Å². The van der Waals surface area contributed by atoms with Gasteiger partial charge in [-0.2, -0.15) is 0 Å². The summed E-state index contributed by atoms with van der Waals surface area (Å²) >= 11 is 0. The van der Waals surface area contributed by atoms with Crippen LogP contribution in [0.5, 0.6) is 0 Å². The summed E-state index contributed by atoms with van der Waals surface area (Å²) in [4.78, 5) is 62.2. The summed E-state index contributed by atoms with van der Waals surface area (Å²) in [6.07, 6.45) is 1.95. The highest BCUT2D eigenvalue weighted by molar-refractivity contribution is 6.08. The van der Waals surface area contributed by atoms with Crippen molar-refractivity contribution in [1.82, 2.24) is 4.90 Å². The number of benzene rings is 1. The lowest BCUT2D eigenvalue weighted by molar-refractivity contribution is -0.163. The van der Waals surface area contributed by atoms with Gasteiger partial charge in [0.25, 0.3) is 5.91 Å². The first kappa shape index (κ1) is 21.5. The lowest BCUT2D eigenvalue weighted by Crippen LogP contribution is -2.46. The highest BCUT2D eigenvalue weighted by Gasteiger charge is 2.51. The van der Waals surface area contributed by atoms with Crippen molar-refractivity contribution in [2.45, 2.75) is 51.7 Å². The van der Waals surface area contributed by atoms with Crippen molar-refractivity contribution in [3.63, 3.8) is 0 Å². The Morgan fingerprint density at radius 3 is 2.07 bits per heavy atom. The number of hydrogen-bond acceptors (Lipinski definition) is 6. The standard InChI is InChI=1S/C21H25N3O6/c1-11(24-19(27)15-5-3-4-6-16(15)20(24)28)21(29)30-12(2)18(26)23-14-9-7-13(8-10-14)17(22)25/h7-12,15-16H,3-6H2,1-2H3,(H2,22,25)(H,23,26)/t11-,12-,15-,16-/m0/s1. The number of nitrogens with two attached hydrogens (primary N) is 1. The second-order valence-corrected chi connectivity index (χ2v) is 7.73. The molecule has 3 N–H and O–H groups in total. The van der Waals surface area contributed by atoms with Crippen LogP contribution in [0.4, 0.5) is 5.69 Å². The number of amides is 4. The van der Waals surface area contributed by atoms with Gasteiger partial charge in [0.05, 0.1) is 11.8 Å². The van der Waals surface area contributed by atoms with Gasteiger partial charge in [-0.15, -0.1) is 0 Å². The van der Waals surface area contributed by atoms with E-state index in [9.17, 15) is 24.0 Å². The van der Waals surface area contributed by atoms with Crippen LogP contribution < -0.4 is 11.1 Å². The predicted octanol–water partition coefficient (Wildman–Crippen LogP) is 1.22. The van der Waals surface area contributed by atoms with Gasteiger partial charge in [0, 0.05) is 11.3 Å². The number of carbonyl (C=O) groups excluding carboxylic acids is 5. The average Bonchev–Trinajstić information content (AvgIpc) is 2.98. The monoisotopic (exact) mass is 415 g/mol. The van der Waals surface area contributed by atoms with Gasteiger partial charge >= 0.3 is 5.97 Å². The first-order valence-corrected chi connectivity index (χ1v) is 9.99. The number of primary amides is 1. The second-order valence-electron chi connectivity index (χ2n) is 7.73. The Morgan fingerprint density at radius 2 is 1.57 bits per heavy atom. The van der Waals surface area contributed by atoms with Crippen LogP contribution in [0.2, 0.25) is 0 Å². The molecule has 4 amide bonds. The summed E-state index contributed by atoms with van der Waals surface area (Å²) in [5.41, 5.74) is 5.86. The summed E-state index contributed by atoms with van der Waals surface area (Å²) in [6.45, 7) is 2.83. The van der Waals surface area contributed by atoms with Crippen molar-refractivity contribution in [3.8, 4) is 0 Å². The molecule has 1 aromatic rings. The van der Waals surface area contributed by atoms with Gasteiger partial charge in [0.2, 0.25) is 17.7 Å². The number of nitrogens with one attached hydrogen (secondary N) is 1. The number of likely N-dealkylation sites (tertiary alicyclic amines) is 1. The molecule has 0 bridgehead atoms. The molecule has 1 aromatic carbocycles. The van der Waals surface area contributed by atoms with E-state index < -0.39 is 29.9 Å². The molecule has 0 unspecified atom stereocenters. The van der Waals surface area contributed by atoms with Crippen molar-refractivity contribution >= 4 is 35.3 Å². The Labute approximate surface area is 173 Å². The molecule has 0 aromatic heterocycles. The maximum absolute atomic E-state index is 12.6. The maximum Gasteiger partial charge on any atom is 0.329 e. The number of nitrogens with zero attached hydrogens (tertiary/aromatic N) is 1. The Hall–Kier alpha value is -3.23. The lowest BCUT2D eigenvalue weighted by atomic mass is 9.81. The van der Waals surface area contributed by atoms with E-state index >= 15 is 0 Å². The van der Waals surface area contributed by atoms with E-state index in [1.807, 2.05) is 0 Å². The lowest BCUT2D eigenvalue weighted by Gasteiger charge is -2.23. The van der Waals surface area contributed by atoms with Crippen LogP contribution >= 0.6 is 0 Å². The normalized spacial score (nSPS) is 22.8. The number of imide groups is 1. The van der Waals surface area contributed by atoms with Gasteiger partial charge in [-0.3, -0.25) is 24.1 Å². The number of hydrogen-bond donors (Lipinski definition) is 2. The fourth-order valence-electron chi connectivity index (χ4n) is 3.96. The van der Waals surface area contributed by atoms with E-state index in [4.69, 9.17) is 10.5 Å². The minimum atomic E-state index is -1.15. The highest BCUT2D eigenvalue weighted by Crippen LogP contribution is 2.38. The van der Waals surface area contributed by atoms with Crippen molar-refractivity contribution in [2.75, 3.05) is 5.32 Å². The third kappa shape index (κ3) is 4.19. The molecule has 9 nitrogen and oxygen atoms in total. The van der Waals surface area contributed by atoms with E-state index in [-0.39, 0.29) is 23.7 Å². The van der Waals surface area contributed by atoms with Gasteiger partial charge in [0.15, 0.2) is 6.10 Å². The number of fused-ring (bicyclic) bond motifs is 1. The summed E-state index contributed by atoms with van der Waals surface area (Å²) < 4.78 is 5.20. The van der Waals surface area contributed by atoms with Crippen LogP contribution in [0.25, 0.3) is 0 Å². The SMILES string of the molecule is C[C@H](OC(=O)[C@H](C)N1C(=O)[C@H]2CCCC[C@@H]2C1=O)C(=O)Nc1ccc(C(N)=O)cc1. The first-order chi connectivity index (χ1) is 14.2. The molecule has 160 valence electrons. The summed E-state index contributed by atoms with van der Waals surface area (Å²) in [7, 11) is 0. The van der Waals surface area contributed by atoms with E-state index in [1.165, 1.54) is 38.1 Å². The molecule has 2 fully saturated rings. The Morgan fingerprint density at radius 1 is 1.03 bits per heavy atom. The minimum Gasteiger partial charge on any atom is -0.451 e. The highest BCUT2D eigenvalue weighted by atomic mass is 16.5. The quantitative estimate of drug-likeness (QED) is 0.530. The number of rotatable bonds is 6. The first-order valence-electron chi connectivity index (χ1n) is 9.99. The Bertz CT molecular complexity index is 857. The predicted molar refractivity (Wildman–Crippen MR) is 106 cm³/mol. The molecule has 1 aliphatic heterocycles. The van der Waals surface area contributed by atoms with Gasteiger partial charge in [0.1, 0.15) is 6.04 Å². The fourth-order valence-corrected chi connectivity index (χ4v) is 3.96. The summed E-state index contributed by atoms with van der Waals surface area (Å²) in [5, 5.41) is 2.56. The summed E-state index contributed by atoms with van der Waals surface area (Å²) in [5.74, 6) is -3.37. The van der Waals surface area contributed by atoms with Crippen LogP contribution in [-0.4, -0.2) is 46.6 Å². The van der Waals surface area contributed by atoms with E-state index in [2.05, 4.69) is 5.32 Å². The van der Waals surface area contributed by atoms with Crippen molar-refractivity contribution in [2.24, 2.45) is 17.6 Å². The molecule has 1 saturated carbocycles. The van der Waals surface area contributed by atoms with Crippen LogP contribution in [-0.2, 0) is 23.9 Å². The van der Waals surface area contributed by atoms with Gasteiger partial charge in [-0.25, -0.2) is 4.79 Å². The van der Waals surface area contributed by atoms with Crippen LogP contribution in [0, 0.1) is 11.8 Å². The van der Waals surface area contributed by atoms with Gasteiger partial charge in [-0.1, -0.05) is 12.8 Å². The molecule has 1 saturated heterocycles. The smallest absolute Gasteiger partial charge is 0.329 e. The molecule has 0 radical (unpaired) electrons. The molecule has 1 heterocycles. The zero-order valence-electron chi connectivity index (χ0n) is 16.9. The van der Waals surface area contributed by atoms with Crippen molar-refractivity contribution in [1.29, 1.82) is 0 Å². The maximum atomic E-state index is 12.6. The Kier molecular flexibility index (Phi) is 6.19. The van der Waals surface area contributed by atoms with Gasteiger partial charge in [-0.05, 0) is 51.0 Å². The largest absolute Gasteiger partial charge is 0.451 e. The van der Waals surface area contributed by atoms with E-state index in [0.717, 1.165) is 17.7 Å². The molecular weight excluding hydrogens is 390 g/mol. The van der Waals surface area contributed by atoms with E-state index in [0.29, 0.717) is 24.1 Å². The zero-order chi connectivity index (χ0) is 22.0. The third-order valence-electron chi connectivity index (χ3n) is 5.70. The van der Waals surface area contributed by atoms with Crippen LogP contribution in [0.3, 0.4) is 0 Å². The topological polar surface area (TPSA) is 136 Å². The number of ether oxygens (including phenoxy) is 1. The number of esters is 1. The minimum absolute atomic E-state index is 0.293. The van der Waals surface area contributed by atoms with Crippen molar-refractivity contribution < 1.29 is 28.7 Å². The molecule has 1 aliphatic carbocycles.